The molecule has 2 unspecified atom stereocenters. The Morgan fingerprint density at radius 3 is 2.32 bits per heavy atom. The number of nitrogens with zero attached hydrogens (tertiary/aromatic N) is 1. The third kappa shape index (κ3) is 5.11. The molecule has 5 nitrogen and oxygen atoms in total. The quantitative estimate of drug-likeness (QED) is 0.322. The van der Waals surface area contributed by atoms with E-state index in [9.17, 15) is 14.0 Å². The smallest absolute Gasteiger partial charge is 0.258 e. The fourth-order valence-electron chi connectivity index (χ4n) is 3.61. The highest BCUT2D eigenvalue weighted by Crippen LogP contribution is 2.65. The van der Waals surface area contributed by atoms with Gasteiger partial charge in [0.15, 0.2) is 0 Å². The lowest BCUT2D eigenvalue weighted by Gasteiger charge is -2.10. The van der Waals surface area contributed by atoms with Crippen LogP contribution in [0.5, 0.6) is 0 Å². The van der Waals surface area contributed by atoms with Crippen molar-refractivity contribution in [3.05, 3.63) is 86.2 Å². The summed E-state index contributed by atoms with van der Waals surface area (Å²) in [5.74, 6) is -2.66. The predicted octanol–water partition coefficient (Wildman–Crippen LogP) is 7.27. The first kappa shape index (κ1) is 25.0. The minimum absolute atomic E-state index is 0.0835. The van der Waals surface area contributed by atoms with Gasteiger partial charge in [-0.1, -0.05) is 34.8 Å². The van der Waals surface area contributed by atoms with Crippen molar-refractivity contribution in [1.29, 1.82) is 0 Å². The molecule has 1 aliphatic rings. The minimum Gasteiger partial charge on any atom is -0.326 e. The van der Waals surface area contributed by atoms with Crippen molar-refractivity contribution in [3.8, 4) is 0 Å². The Morgan fingerprint density at radius 1 is 1.00 bits per heavy atom. The average Bonchev–Trinajstić information content (AvgIpc) is 3.33. The molecule has 0 bridgehead atoms. The Hall–Kier alpha value is -2.09. The molecular formula is C23H15Cl5FN3O2. The molecule has 2 N–H and O–H groups in total. The number of aryl methyl sites for hydroxylation is 1. The molecule has 1 saturated carbocycles. The van der Waals surface area contributed by atoms with Crippen molar-refractivity contribution in [1.82, 2.24) is 4.98 Å². The van der Waals surface area contributed by atoms with Gasteiger partial charge < -0.3 is 10.6 Å². The lowest BCUT2D eigenvalue weighted by molar-refractivity contribution is -0.117. The van der Waals surface area contributed by atoms with Crippen molar-refractivity contribution in [2.24, 2.45) is 5.92 Å². The summed E-state index contributed by atoms with van der Waals surface area (Å²) in [5.41, 5.74) is 1.35. The van der Waals surface area contributed by atoms with E-state index in [0.717, 1.165) is 6.20 Å². The molecule has 0 saturated heterocycles. The molecule has 2 atom stereocenters. The highest BCUT2D eigenvalue weighted by Gasteiger charge is 2.67. The van der Waals surface area contributed by atoms with Gasteiger partial charge >= 0.3 is 0 Å². The van der Waals surface area contributed by atoms with Gasteiger partial charge in [0.1, 0.15) is 16.0 Å². The van der Waals surface area contributed by atoms with Gasteiger partial charge in [-0.2, -0.15) is 0 Å². The van der Waals surface area contributed by atoms with E-state index >= 15 is 0 Å². The van der Waals surface area contributed by atoms with Crippen LogP contribution < -0.4 is 10.6 Å². The molecule has 1 heterocycles. The molecule has 11 heteroatoms. The Bertz CT molecular complexity index is 1300. The number of carbonyl (C=O) groups is 2. The Morgan fingerprint density at radius 2 is 1.68 bits per heavy atom. The normalized spacial score (nSPS) is 18.3. The number of hydrogen-bond donors (Lipinski definition) is 2. The third-order valence-electron chi connectivity index (χ3n) is 5.35. The second kappa shape index (κ2) is 9.51. The summed E-state index contributed by atoms with van der Waals surface area (Å²) in [4.78, 5) is 29.5. The Balaban J connectivity index is 1.51. The Labute approximate surface area is 219 Å². The van der Waals surface area contributed by atoms with E-state index in [1.165, 1.54) is 24.3 Å². The maximum Gasteiger partial charge on any atom is 0.258 e. The number of hydrogen-bond acceptors (Lipinski definition) is 3. The molecule has 2 aromatic carbocycles. The van der Waals surface area contributed by atoms with Gasteiger partial charge in [0.25, 0.3) is 5.91 Å². The van der Waals surface area contributed by atoms with Gasteiger partial charge in [-0.05, 0) is 60.5 Å². The van der Waals surface area contributed by atoms with Crippen LogP contribution in [0, 0.1) is 18.7 Å². The molecule has 0 radical (unpaired) electrons. The standard InChI is InChI=1S/C23H15Cl5FN3O2/c1-10-4-18(30-9-17(10)29)32-21(33)15-8-14(2-3-16(15)26)31-22(34)20-19(23(20,27)28)11-5-12(24)7-13(25)6-11/h2-9,19-20H,1H3,(H,31,34)(H,30,32,33). The van der Waals surface area contributed by atoms with Crippen LogP contribution in [-0.4, -0.2) is 21.1 Å². The second-order valence-corrected chi connectivity index (χ2v) is 10.5. The van der Waals surface area contributed by atoms with Crippen LogP contribution >= 0.6 is 58.0 Å². The highest BCUT2D eigenvalue weighted by molar-refractivity contribution is 6.53. The third-order valence-corrected chi connectivity index (χ3v) is 7.05. The number of aromatic nitrogens is 1. The first-order chi connectivity index (χ1) is 16.0. The minimum atomic E-state index is -1.35. The van der Waals surface area contributed by atoms with E-state index in [0.29, 0.717) is 26.9 Å². The average molecular weight is 562 g/mol. The fourth-order valence-corrected chi connectivity index (χ4v) is 5.19. The van der Waals surface area contributed by atoms with Crippen LogP contribution in [0.25, 0.3) is 0 Å². The summed E-state index contributed by atoms with van der Waals surface area (Å²) in [7, 11) is 0. The number of halogens is 6. The fraction of sp³-hybridized carbons (Fsp3) is 0.174. The summed E-state index contributed by atoms with van der Waals surface area (Å²) < 4.78 is 12.1. The monoisotopic (exact) mass is 559 g/mol. The highest BCUT2D eigenvalue weighted by atomic mass is 35.5. The molecule has 1 fully saturated rings. The lowest BCUT2D eigenvalue weighted by atomic mass is 10.1. The maximum atomic E-state index is 13.4. The number of anilines is 2. The zero-order chi connectivity index (χ0) is 24.8. The summed E-state index contributed by atoms with van der Waals surface area (Å²) in [5, 5.41) is 6.22. The van der Waals surface area contributed by atoms with Gasteiger partial charge in [0.05, 0.1) is 22.7 Å². The summed E-state index contributed by atoms with van der Waals surface area (Å²) >= 11 is 31.1. The van der Waals surface area contributed by atoms with Crippen molar-refractivity contribution in [2.75, 3.05) is 10.6 Å². The summed E-state index contributed by atoms with van der Waals surface area (Å²) in [6.07, 6.45) is 1.01. The van der Waals surface area contributed by atoms with E-state index in [4.69, 9.17) is 58.0 Å². The van der Waals surface area contributed by atoms with E-state index in [1.807, 2.05) is 0 Å². The predicted molar refractivity (Wildman–Crippen MR) is 134 cm³/mol. The number of rotatable bonds is 5. The van der Waals surface area contributed by atoms with E-state index in [1.54, 1.807) is 25.1 Å². The molecule has 1 aliphatic carbocycles. The zero-order valence-electron chi connectivity index (χ0n) is 17.3. The van der Waals surface area contributed by atoms with Crippen molar-refractivity contribution in [3.63, 3.8) is 0 Å². The summed E-state index contributed by atoms with van der Waals surface area (Å²) in [6.45, 7) is 1.55. The first-order valence-electron chi connectivity index (χ1n) is 9.85. The number of pyridine rings is 1. The number of benzene rings is 2. The number of carbonyl (C=O) groups excluding carboxylic acids is 2. The van der Waals surface area contributed by atoms with Crippen molar-refractivity contribution >= 4 is 81.3 Å². The van der Waals surface area contributed by atoms with Crippen LogP contribution in [0.3, 0.4) is 0 Å². The molecule has 176 valence electrons. The molecular weight excluding hydrogens is 547 g/mol. The second-order valence-electron chi connectivity index (χ2n) is 7.79. The number of nitrogens with one attached hydrogen (secondary N) is 2. The van der Waals surface area contributed by atoms with Crippen LogP contribution in [0.4, 0.5) is 15.9 Å². The van der Waals surface area contributed by atoms with Crippen molar-refractivity contribution < 1.29 is 14.0 Å². The van der Waals surface area contributed by atoms with Crippen molar-refractivity contribution in [2.45, 2.75) is 17.2 Å². The molecule has 0 spiro atoms. The molecule has 2 amide bonds. The van der Waals surface area contributed by atoms with E-state index < -0.39 is 33.8 Å². The molecule has 34 heavy (non-hydrogen) atoms. The van der Waals surface area contributed by atoms with Gasteiger partial charge in [0, 0.05) is 21.7 Å². The van der Waals surface area contributed by atoms with E-state index in [-0.39, 0.29) is 16.4 Å². The Kier molecular flexibility index (Phi) is 7.00. The van der Waals surface area contributed by atoms with Gasteiger partial charge in [-0.25, -0.2) is 9.37 Å². The summed E-state index contributed by atoms with van der Waals surface area (Å²) in [6, 6.07) is 10.7. The van der Waals surface area contributed by atoms with Crippen LogP contribution in [0.1, 0.15) is 27.4 Å². The van der Waals surface area contributed by atoms with Crippen LogP contribution in [0.15, 0.2) is 48.7 Å². The molecule has 4 rings (SSSR count). The largest absolute Gasteiger partial charge is 0.326 e. The molecule has 3 aromatic rings. The lowest BCUT2D eigenvalue weighted by Crippen LogP contribution is -2.18. The van der Waals surface area contributed by atoms with Gasteiger partial charge in [0.2, 0.25) is 5.91 Å². The number of amides is 2. The van der Waals surface area contributed by atoms with Gasteiger partial charge in [-0.15, -0.1) is 23.2 Å². The molecule has 1 aromatic heterocycles. The zero-order valence-corrected chi connectivity index (χ0v) is 21.1. The van der Waals surface area contributed by atoms with Crippen LogP contribution in [-0.2, 0) is 4.79 Å². The SMILES string of the molecule is Cc1cc(NC(=O)c2cc(NC(=O)C3C(c4cc(Cl)cc(Cl)c4)C3(Cl)Cl)ccc2Cl)ncc1F. The van der Waals surface area contributed by atoms with Crippen LogP contribution in [0.2, 0.25) is 15.1 Å². The number of alkyl halides is 2. The maximum absolute atomic E-state index is 13.4. The molecule has 0 aliphatic heterocycles. The van der Waals surface area contributed by atoms with E-state index in [2.05, 4.69) is 15.6 Å². The first-order valence-corrected chi connectivity index (χ1v) is 11.7. The van der Waals surface area contributed by atoms with Gasteiger partial charge in [-0.3, -0.25) is 9.59 Å². The topological polar surface area (TPSA) is 71.1 Å².